The van der Waals surface area contributed by atoms with Crippen LogP contribution in [0.4, 0.5) is 4.39 Å². The number of hydrogen-bond acceptors (Lipinski definition) is 5. The van der Waals surface area contributed by atoms with Crippen LogP contribution in [0, 0.1) is 5.82 Å². The molecule has 0 fully saturated rings. The molecule has 0 aliphatic carbocycles. The molecule has 0 unspecified atom stereocenters. The molecule has 1 aliphatic rings. The highest BCUT2D eigenvalue weighted by Gasteiger charge is 2.32. The van der Waals surface area contributed by atoms with Gasteiger partial charge in [0.25, 0.3) is 0 Å². The van der Waals surface area contributed by atoms with Crippen molar-refractivity contribution in [3.8, 4) is 0 Å². The van der Waals surface area contributed by atoms with Crippen LogP contribution in [0.15, 0.2) is 58.7 Å². The van der Waals surface area contributed by atoms with Crippen LogP contribution in [0.2, 0.25) is 10.0 Å². The number of nitrogens with zero attached hydrogens (tertiary/aromatic N) is 1. The molecule has 0 bridgehead atoms. The quantitative estimate of drug-likeness (QED) is 0.573. The monoisotopic (exact) mass is 452 g/mol. The summed E-state index contributed by atoms with van der Waals surface area (Å²) in [6, 6.07) is 10.9. The van der Waals surface area contributed by atoms with Crippen molar-refractivity contribution < 1.29 is 13.9 Å². The van der Waals surface area contributed by atoms with Crippen LogP contribution in [-0.4, -0.2) is 17.7 Å². The molecule has 0 aromatic heterocycles. The zero-order chi connectivity index (χ0) is 21.0. The van der Waals surface area contributed by atoms with E-state index in [0.717, 1.165) is 5.56 Å². The number of benzene rings is 2. The summed E-state index contributed by atoms with van der Waals surface area (Å²) in [5.74, 6) is -0.144. The summed E-state index contributed by atoms with van der Waals surface area (Å²) >= 11 is 14.1. The average molecular weight is 453 g/mol. The Morgan fingerprint density at radius 1 is 1.24 bits per heavy atom. The van der Waals surface area contributed by atoms with Crippen molar-refractivity contribution in [1.82, 2.24) is 5.32 Å². The lowest BCUT2D eigenvalue weighted by molar-refractivity contribution is -0.138. The number of halogens is 3. The van der Waals surface area contributed by atoms with Gasteiger partial charge >= 0.3 is 5.97 Å². The van der Waals surface area contributed by atoms with Gasteiger partial charge in [0.15, 0.2) is 5.17 Å². The Labute approximate surface area is 183 Å². The van der Waals surface area contributed by atoms with Gasteiger partial charge in [-0.15, -0.1) is 0 Å². The van der Waals surface area contributed by atoms with Gasteiger partial charge in [0.05, 0.1) is 22.2 Å². The lowest BCUT2D eigenvalue weighted by Crippen LogP contribution is -2.30. The minimum atomic E-state index is -0.641. The zero-order valence-corrected chi connectivity index (χ0v) is 18.2. The van der Waals surface area contributed by atoms with Crippen molar-refractivity contribution >= 4 is 46.1 Å². The van der Waals surface area contributed by atoms with Crippen LogP contribution in [0.25, 0.3) is 0 Å². The summed E-state index contributed by atoms with van der Waals surface area (Å²) in [5, 5.41) is 4.53. The van der Waals surface area contributed by atoms with Crippen molar-refractivity contribution in [1.29, 1.82) is 0 Å². The molecule has 4 nitrogen and oxygen atoms in total. The molecule has 0 radical (unpaired) electrons. The Morgan fingerprint density at radius 2 is 1.97 bits per heavy atom. The third-order valence-corrected chi connectivity index (χ3v) is 6.07. The molecule has 0 spiro atoms. The molecular formula is C21H19Cl2FN2O2S. The molecule has 1 aliphatic heterocycles. The summed E-state index contributed by atoms with van der Waals surface area (Å²) in [5.41, 5.74) is 2.61. The van der Waals surface area contributed by atoms with Crippen molar-refractivity contribution in [3.63, 3.8) is 0 Å². The number of rotatable bonds is 5. The van der Waals surface area contributed by atoms with Gasteiger partial charge in [0.2, 0.25) is 0 Å². The van der Waals surface area contributed by atoms with E-state index in [1.54, 1.807) is 44.2 Å². The fourth-order valence-corrected chi connectivity index (χ4v) is 4.20. The SMILES string of the molecule is CCOC(=O)C1=C(C)NC(SCc2ccc(F)cc2)=N[C@H]1c1cccc(Cl)c1Cl. The largest absolute Gasteiger partial charge is 0.463 e. The second-order valence-corrected chi connectivity index (χ2v) is 8.03. The van der Waals surface area contributed by atoms with E-state index in [1.165, 1.54) is 23.9 Å². The van der Waals surface area contributed by atoms with Gasteiger partial charge in [0.1, 0.15) is 11.9 Å². The first kappa shape index (κ1) is 21.7. The summed E-state index contributed by atoms with van der Waals surface area (Å²) < 4.78 is 18.3. The van der Waals surface area contributed by atoms with E-state index in [9.17, 15) is 9.18 Å². The molecule has 29 heavy (non-hydrogen) atoms. The van der Waals surface area contributed by atoms with Gasteiger partial charge in [-0.3, -0.25) is 0 Å². The molecule has 8 heteroatoms. The smallest absolute Gasteiger partial charge is 0.338 e. The van der Waals surface area contributed by atoms with E-state index in [0.29, 0.717) is 37.8 Å². The van der Waals surface area contributed by atoms with E-state index in [2.05, 4.69) is 5.32 Å². The highest BCUT2D eigenvalue weighted by Crippen LogP contribution is 2.39. The molecule has 152 valence electrons. The molecule has 1 N–H and O–H groups in total. The van der Waals surface area contributed by atoms with Crippen molar-refractivity contribution in [3.05, 3.63) is 80.7 Å². The molecule has 3 rings (SSSR count). The normalized spacial score (nSPS) is 16.3. The van der Waals surface area contributed by atoms with Crippen molar-refractivity contribution in [2.24, 2.45) is 4.99 Å². The summed E-state index contributed by atoms with van der Waals surface area (Å²) in [6.07, 6.45) is 0. The van der Waals surface area contributed by atoms with Gasteiger partial charge < -0.3 is 10.1 Å². The average Bonchev–Trinajstić information content (AvgIpc) is 2.69. The number of nitrogens with one attached hydrogen (secondary N) is 1. The van der Waals surface area contributed by atoms with Crippen LogP contribution >= 0.6 is 35.0 Å². The summed E-state index contributed by atoms with van der Waals surface area (Å²) in [6.45, 7) is 3.80. The molecule has 0 saturated carbocycles. The Hall–Kier alpha value is -2.02. The molecular weight excluding hydrogens is 434 g/mol. The predicted molar refractivity (Wildman–Crippen MR) is 117 cm³/mol. The second-order valence-electron chi connectivity index (χ2n) is 6.28. The Bertz CT molecular complexity index is 977. The molecule has 2 aromatic rings. The Kier molecular flexibility index (Phi) is 7.22. The highest BCUT2D eigenvalue weighted by molar-refractivity contribution is 8.13. The predicted octanol–water partition coefficient (Wildman–Crippen LogP) is 5.90. The minimum Gasteiger partial charge on any atom is -0.463 e. The van der Waals surface area contributed by atoms with E-state index in [-0.39, 0.29) is 12.4 Å². The first-order valence-electron chi connectivity index (χ1n) is 8.94. The third kappa shape index (κ3) is 5.13. The fourth-order valence-electron chi connectivity index (χ4n) is 2.88. The van der Waals surface area contributed by atoms with E-state index in [1.807, 2.05) is 0 Å². The number of carbonyl (C=O) groups excluding carboxylic acids is 1. The maximum Gasteiger partial charge on any atom is 0.338 e. The van der Waals surface area contributed by atoms with Gasteiger partial charge in [-0.05, 0) is 37.6 Å². The Balaban J connectivity index is 1.93. The number of aliphatic imine (C=N–C) groups is 1. The number of allylic oxidation sites excluding steroid dienone is 1. The van der Waals surface area contributed by atoms with Gasteiger partial charge in [-0.2, -0.15) is 0 Å². The molecule has 2 aromatic carbocycles. The highest BCUT2D eigenvalue weighted by atomic mass is 35.5. The molecule has 0 amide bonds. The number of hydrogen-bond donors (Lipinski definition) is 1. The number of amidine groups is 1. The van der Waals surface area contributed by atoms with Gasteiger partial charge in [0, 0.05) is 17.0 Å². The van der Waals surface area contributed by atoms with Gasteiger partial charge in [-0.25, -0.2) is 14.2 Å². The maximum atomic E-state index is 13.1. The molecule has 1 atom stereocenters. The number of carbonyl (C=O) groups is 1. The standard InChI is InChI=1S/C21H19Cl2FN2O2S/c1-3-28-20(27)17-12(2)25-21(29-11-13-7-9-14(24)10-8-13)26-19(17)15-5-4-6-16(22)18(15)23/h4-10,19H,3,11H2,1-2H3,(H,25,26)/t19-/m0/s1. The van der Waals surface area contributed by atoms with Crippen LogP contribution < -0.4 is 5.32 Å². The van der Waals surface area contributed by atoms with Crippen molar-refractivity contribution in [2.45, 2.75) is 25.6 Å². The fraction of sp³-hybridized carbons (Fsp3) is 0.238. The lowest BCUT2D eigenvalue weighted by Gasteiger charge is -2.26. The van der Waals surface area contributed by atoms with Crippen LogP contribution in [0.3, 0.4) is 0 Å². The van der Waals surface area contributed by atoms with E-state index < -0.39 is 12.0 Å². The second kappa shape index (κ2) is 9.65. The number of thioether (sulfide) groups is 1. The number of esters is 1. The molecule has 0 saturated heterocycles. The lowest BCUT2D eigenvalue weighted by atomic mass is 9.96. The van der Waals surface area contributed by atoms with Crippen LogP contribution in [0.1, 0.15) is 31.0 Å². The number of ether oxygens (including phenoxy) is 1. The molecule has 1 heterocycles. The maximum absolute atomic E-state index is 13.1. The topological polar surface area (TPSA) is 50.7 Å². The zero-order valence-electron chi connectivity index (χ0n) is 15.8. The van der Waals surface area contributed by atoms with Crippen LogP contribution in [0.5, 0.6) is 0 Å². The minimum absolute atomic E-state index is 0.251. The Morgan fingerprint density at radius 3 is 2.66 bits per heavy atom. The van der Waals surface area contributed by atoms with Crippen LogP contribution in [-0.2, 0) is 15.3 Å². The third-order valence-electron chi connectivity index (χ3n) is 4.28. The summed E-state index contributed by atoms with van der Waals surface area (Å²) in [7, 11) is 0. The first-order valence-corrected chi connectivity index (χ1v) is 10.7. The first-order chi connectivity index (χ1) is 13.9. The van der Waals surface area contributed by atoms with Gasteiger partial charge in [-0.1, -0.05) is 59.2 Å². The van der Waals surface area contributed by atoms with E-state index >= 15 is 0 Å². The summed E-state index contributed by atoms with van der Waals surface area (Å²) in [4.78, 5) is 17.3. The van der Waals surface area contributed by atoms with Crippen molar-refractivity contribution in [2.75, 3.05) is 6.61 Å². The van der Waals surface area contributed by atoms with E-state index in [4.69, 9.17) is 32.9 Å².